The molecule has 4 aliphatic rings. The lowest BCUT2D eigenvalue weighted by atomic mass is 9.84. The number of carbonyl (C=O) groups is 3. The van der Waals surface area contributed by atoms with Gasteiger partial charge in [0.1, 0.15) is 11.6 Å². The third kappa shape index (κ3) is 6.87. The predicted molar refractivity (Wildman–Crippen MR) is 204 cm³/mol. The van der Waals surface area contributed by atoms with E-state index in [1.54, 1.807) is 28.6 Å². The highest BCUT2D eigenvalue weighted by Crippen LogP contribution is 2.38. The van der Waals surface area contributed by atoms with Crippen LogP contribution in [-0.4, -0.2) is 101 Å². The number of amides is 3. The number of carbonyl (C=O) groups excluding carboxylic acids is 3. The predicted octanol–water partition coefficient (Wildman–Crippen LogP) is 3.85. The van der Waals surface area contributed by atoms with Gasteiger partial charge in [0, 0.05) is 57.7 Å². The molecule has 2 N–H and O–H groups in total. The van der Waals surface area contributed by atoms with Gasteiger partial charge in [-0.1, -0.05) is 6.07 Å². The Hall–Kier alpha value is -5.49. The summed E-state index contributed by atoms with van der Waals surface area (Å²) in [4.78, 5) is 60.4. The maximum Gasteiger partial charge on any atom is 0.329 e. The fraction of sp³-hybridized carbons (Fsp3) is 0.513. The molecule has 1 unspecified atom stereocenters. The molecular weight excluding hydrogens is 740 g/mol. The van der Waals surface area contributed by atoms with Crippen molar-refractivity contribution in [3.63, 3.8) is 0 Å². The standard InChI is InChI=1S/C39H45F2N11O5/c1-47-34-29(4-2-5-30(34)52(39(47)56)31-10-11-32(53)45-38(31)55)48-16-12-24(13-17-48)49(26-21-57-22-26)19-23-6-8-25(9-7-23)51-20-28(33(46-51)35(40)41)44-37(54)27-18-43-50-15-3-14-42-36(27)50/h2-5,14-15,18,20,23-26,31,35H,6-13,16-17,19,21-22H2,1H3,(H,44,54)(H,45,53,55). The molecule has 1 atom stereocenters. The number of hydrogen-bond donors (Lipinski definition) is 2. The molecule has 16 nitrogen and oxygen atoms in total. The van der Waals surface area contributed by atoms with E-state index in [0.29, 0.717) is 42.4 Å². The van der Waals surface area contributed by atoms with Crippen LogP contribution in [0.3, 0.4) is 0 Å². The number of halogens is 2. The van der Waals surface area contributed by atoms with Crippen molar-refractivity contribution < 1.29 is 27.9 Å². The first-order valence-electron chi connectivity index (χ1n) is 19.7. The van der Waals surface area contributed by atoms with E-state index in [-0.39, 0.29) is 41.7 Å². The molecule has 1 aromatic carbocycles. The molecule has 1 saturated carbocycles. The van der Waals surface area contributed by atoms with Crippen LogP contribution in [0.2, 0.25) is 0 Å². The number of fused-ring (bicyclic) bond motifs is 2. The second-order valence-electron chi connectivity index (χ2n) is 15.7. The lowest BCUT2D eigenvalue weighted by Gasteiger charge is -2.47. The number of alkyl halides is 2. The normalized spacial score (nSPS) is 22.5. The second-order valence-corrected chi connectivity index (χ2v) is 15.7. The number of piperidine rings is 2. The highest BCUT2D eigenvalue weighted by molar-refractivity contribution is 6.08. The molecule has 0 spiro atoms. The van der Waals surface area contributed by atoms with Gasteiger partial charge in [0.2, 0.25) is 11.8 Å². The first kappa shape index (κ1) is 37.1. The van der Waals surface area contributed by atoms with Gasteiger partial charge in [0.15, 0.2) is 11.3 Å². The molecule has 3 amide bonds. The monoisotopic (exact) mass is 785 g/mol. The first-order chi connectivity index (χ1) is 27.6. The summed E-state index contributed by atoms with van der Waals surface area (Å²) in [5.41, 5.74) is 2.19. The van der Waals surface area contributed by atoms with Crippen LogP contribution in [0, 0.1) is 5.92 Å². The van der Waals surface area contributed by atoms with Crippen molar-refractivity contribution in [2.45, 2.75) is 82.0 Å². The van der Waals surface area contributed by atoms with Crippen LogP contribution in [0.25, 0.3) is 16.7 Å². The Morgan fingerprint density at radius 3 is 2.54 bits per heavy atom. The van der Waals surface area contributed by atoms with Gasteiger partial charge in [-0.25, -0.2) is 23.1 Å². The minimum Gasteiger partial charge on any atom is -0.378 e. The summed E-state index contributed by atoms with van der Waals surface area (Å²) in [5.74, 6) is -0.911. The van der Waals surface area contributed by atoms with Crippen molar-refractivity contribution >= 4 is 45.8 Å². The van der Waals surface area contributed by atoms with E-state index >= 15 is 0 Å². The molecule has 18 heteroatoms. The number of nitrogens with one attached hydrogen (secondary N) is 2. The summed E-state index contributed by atoms with van der Waals surface area (Å²) in [6.07, 6.45) is 9.00. The first-order valence-corrected chi connectivity index (χ1v) is 19.7. The number of nitrogens with zero attached hydrogens (tertiary/aromatic N) is 9. The quantitative estimate of drug-likeness (QED) is 0.199. The van der Waals surface area contributed by atoms with Gasteiger partial charge in [0.25, 0.3) is 12.3 Å². The molecule has 5 aromatic rings. The summed E-state index contributed by atoms with van der Waals surface area (Å²) in [5, 5.41) is 13.4. The van der Waals surface area contributed by atoms with Crippen molar-refractivity contribution in [2.75, 3.05) is 43.1 Å². The molecule has 4 fully saturated rings. The molecule has 9 rings (SSSR count). The smallest absolute Gasteiger partial charge is 0.329 e. The number of para-hydroxylation sites is 1. The number of imidazole rings is 1. The molecule has 1 aliphatic carbocycles. The number of benzene rings is 1. The van der Waals surface area contributed by atoms with Gasteiger partial charge < -0.3 is 15.0 Å². The Morgan fingerprint density at radius 2 is 1.82 bits per heavy atom. The van der Waals surface area contributed by atoms with Crippen LogP contribution in [0.1, 0.15) is 85.9 Å². The van der Waals surface area contributed by atoms with Crippen LogP contribution < -0.4 is 21.2 Å². The third-order valence-electron chi connectivity index (χ3n) is 12.4. The van der Waals surface area contributed by atoms with Gasteiger partial charge in [-0.15, -0.1) is 0 Å². The summed E-state index contributed by atoms with van der Waals surface area (Å²) < 4.78 is 40.2. The van der Waals surface area contributed by atoms with E-state index in [1.807, 2.05) is 18.2 Å². The summed E-state index contributed by atoms with van der Waals surface area (Å²) in [7, 11) is 1.74. The van der Waals surface area contributed by atoms with Crippen molar-refractivity contribution in [2.24, 2.45) is 13.0 Å². The van der Waals surface area contributed by atoms with Crippen molar-refractivity contribution in [3.8, 4) is 0 Å². The van der Waals surface area contributed by atoms with Crippen LogP contribution >= 0.6 is 0 Å². The van der Waals surface area contributed by atoms with Gasteiger partial charge in [-0.2, -0.15) is 10.2 Å². The van der Waals surface area contributed by atoms with Crippen molar-refractivity contribution in [3.05, 3.63) is 70.8 Å². The van der Waals surface area contributed by atoms with Gasteiger partial charge >= 0.3 is 5.69 Å². The SMILES string of the molecule is Cn1c(=O)n(C2CCC(=O)NC2=O)c2cccc(N3CCC(N(CC4CCC(n5cc(NC(=O)c6cnn7cccnc67)c(C(F)F)n5)CC4)C4COC4)CC3)c21. The van der Waals surface area contributed by atoms with Crippen LogP contribution in [0.5, 0.6) is 0 Å². The van der Waals surface area contributed by atoms with Gasteiger partial charge in [0.05, 0.1) is 53.9 Å². The zero-order chi connectivity index (χ0) is 39.4. The minimum absolute atomic E-state index is 0.0137. The van der Waals surface area contributed by atoms with Crippen LogP contribution in [-0.2, 0) is 21.4 Å². The number of aromatic nitrogens is 7. The van der Waals surface area contributed by atoms with Crippen LogP contribution in [0.15, 0.2) is 53.8 Å². The molecule has 57 heavy (non-hydrogen) atoms. The largest absolute Gasteiger partial charge is 0.378 e. The zero-order valence-electron chi connectivity index (χ0n) is 31.6. The highest BCUT2D eigenvalue weighted by Gasteiger charge is 2.37. The Labute approximate surface area is 325 Å². The minimum atomic E-state index is -2.86. The number of ether oxygens (including phenoxy) is 1. The van der Waals surface area contributed by atoms with Crippen LogP contribution in [0.4, 0.5) is 20.2 Å². The highest BCUT2D eigenvalue weighted by atomic mass is 19.3. The number of rotatable bonds is 10. The maximum absolute atomic E-state index is 14.2. The number of aryl methyl sites for hydroxylation is 1. The number of imide groups is 1. The average Bonchev–Trinajstić information content (AvgIpc) is 3.89. The number of hydrogen-bond acceptors (Lipinski definition) is 10. The van der Waals surface area contributed by atoms with E-state index < -0.39 is 30.0 Å². The van der Waals surface area contributed by atoms with Crippen molar-refractivity contribution in [1.29, 1.82) is 0 Å². The van der Waals surface area contributed by atoms with E-state index in [0.717, 1.165) is 69.4 Å². The molecule has 300 valence electrons. The third-order valence-corrected chi connectivity index (χ3v) is 12.4. The topological polar surface area (TPSA) is 166 Å². The molecule has 3 aliphatic heterocycles. The lowest BCUT2D eigenvalue weighted by molar-refractivity contribution is -0.135. The van der Waals surface area contributed by atoms with Gasteiger partial charge in [-0.3, -0.25) is 38.4 Å². The van der Waals surface area contributed by atoms with E-state index in [4.69, 9.17) is 4.74 Å². The molecule has 0 bridgehead atoms. The number of anilines is 2. The Bertz CT molecular complexity index is 2380. The second kappa shape index (κ2) is 15.1. The summed E-state index contributed by atoms with van der Waals surface area (Å²) >= 11 is 0. The fourth-order valence-corrected chi connectivity index (χ4v) is 9.27. The Balaban J connectivity index is 0.844. The molecule has 3 saturated heterocycles. The summed E-state index contributed by atoms with van der Waals surface area (Å²) in [6.45, 7) is 3.94. The maximum atomic E-state index is 14.2. The average molecular weight is 786 g/mol. The molecule has 4 aromatic heterocycles. The van der Waals surface area contributed by atoms with E-state index in [2.05, 4.69) is 35.6 Å². The van der Waals surface area contributed by atoms with Crippen molar-refractivity contribution in [1.82, 2.24) is 43.7 Å². The van der Waals surface area contributed by atoms with E-state index in [9.17, 15) is 28.0 Å². The van der Waals surface area contributed by atoms with E-state index in [1.165, 1.54) is 27.7 Å². The zero-order valence-corrected chi connectivity index (χ0v) is 31.6. The summed E-state index contributed by atoms with van der Waals surface area (Å²) in [6, 6.07) is 7.42. The Morgan fingerprint density at radius 1 is 1.04 bits per heavy atom. The molecule has 7 heterocycles. The molecule has 0 radical (unpaired) electrons. The van der Waals surface area contributed by atoms with Gasteiger partial charge in [-0.05, 0) is 69.1 Å². The molecular formula is C39H45F2N11O5. The lowest BCUT2D eigenvalue weighted by Crippen LogP contribution is -2.57. The Kier molecular flexibility index (Phi) is 9.84. The fourth-order valence-electron chi connectivity index (χ4n) is 9.27.